The van der Waals surface area contributed by atoms with E-state index in [1.165, 1.54) is 0 Å². The monoisotopic (exact) mass is 290 g/mol. The number of hydrogen-bond acceptors (Lipinski definition) is 3. The second-order valence-corrected chi connectivity index (χ2v) is 4.85. The minimum absolute atomic E-state index is 0.314. The van der Waals surface area contributed by atoms with Gasteiger partial charge in [0.1, 0.15) is 17.4 Å². The number of aromatic nitrogens is 2. The zero-order valence-electron chi connectivity index (χ0n) is 11.0. The highest BCUT2D eigenvalue weighted by atomic mass is 35.5. The number of nitrogens with zero attached hydrogens (tertiary/aromatic N) is 3. The first-order valence-electron chi connectivity index (χ1n) is 6.40. The van der Waals surface area contributed by atoms with Crippen LogP contribution in [0.25, 0.3) is 11.0 Å². The lowest BCUT2D eigenvalue weighted by atomic mass is 10.2. The van der Waals surface area contributed by atoms with E-state index in [0.29, 0.717) is 42.8 Å². The second-order valence-electron chi connectivity index (χ2n) is 4.47. The smallest absolute Gasteiger partial charge is 0.217 e. The van der Waals surface area contributed by atoms with Gasteiger partial charge in [0.2, 0.25) is 5.91 Å². The van der Waals surface area contributed by atoms with Crippen LogP contribution in [0.3, 0.4) is 0 Å². The Morgan fingerprint density at radius 2 is 2.30 bits per heavy atom. The number of hydrogen-bond donors (Lipinski definition) is 1. The van der Waals surface area contributed by atoms with E-state index in [-0.39, 0.29) is 5.91 Å². The van der Waals surface area contributed by atoms with E-state index in [9.17, 15) is 4.79 Å². The lowest BCUT2D eigenvalue weighted by molar-refractivity contribution is -0.118. The quantitative estimate of drug-likeness (QED) is 0.825. The molecule has 0 atom stereocenters. The largest absolute Gasteiger partial charge is 0.370 e. The summed E-state index contributed by atoms with van der Waals surface area (Å²) in [4.78, 5) is 15.3. The number of para-hydroxylation sites is 1. The van der Waals surface area contributed by atoms with Crippen LogP contribution in [0.5, 0.6) is 0 Å². The number of fused-ring (bicyclic) bond motifs is 1. The lowest BCUT2D eigenvalue weighted by Gasteiger charge is -2.07. The Morgan fingerprint density at radius 3 is 2.95 bits per heavy atom. The predicted molar refractivity (Wildman–Crippen MR) is 77.3 cm³/mol. The van der Waals surface area contributed by atoms with Crippen LogP contribution in [-0.2, 0) is 17.8 Å². The number of benzene rings is 1. The summed E-state index contributed by atoms with van der Waals surface area (Å²) in [7, 11) is 0. The number of imidazole rings is 1. The Hall–Kier alpha value is -2.06. The maximum atomic E-state index is 10.8. The molecule has 0 spiro atoms. The third-order valence-electron chi connectivity index (χ3n) is 3.10. The molecule has 20 heavy (non-hydrogen) atoms. The van der Waals surface area contributed by atoms with Crippen LogP contribution < -0.4 is 5.73 Å². The van der Waals surface area contributed by atoms with Crippen LogP contribution in [0, 0.1) is 11.3 Å². The second kappa shape index (κ2) is 6.40. The van der Waals surface area contributed by atoms with Crippen LogP contribution in [0.1, 0.15) is 24.2 Å². The molecule has 2 aromatic rings. The fourth-order valence-electron chi connectivity index (χ4n) is 2.22. The molecule has 0 bridgehead atoms. The Balaban J connectivity index is 2.41. The number of alkyl halides is 1. The van der Waals surface area contributed by atoms with Gasteiger partial charge in [-0.05, 0) is 18.6 Å². The molecule has 0 aliphatic heterocycles. The number of rotatable bonds is 6. The maximum absolute atomic E-state index is 10.8. The van der Waals surface area contributed by atoms with Crippen molar-refractivity contribution in [1.82, 2.24) is 9.55 Å². The average Bonchev–Trinajstić information content (AvgIpc) is 2.77. The van der Waals surface area contributed by atoms with Gasteiger partial charge in [-0.25, -0.2) is 4.98 Å². The molecule has 5 nitrogen and oxygen atoms in total. The van der Waals surface area contributed by atoms with Crippen molar-refractivity contribution in [3.63, 3.8) is 0 Å². The van der Waals surface area contributed by atoms with E-state index in [2.05, 4.69) is 11.1 Å². The SMILES string of the molecule is N#Cc1cccc2c1nc(CCCl)n2CCCC(N)=O. The van der Waals surface area contributed by atoms with Crippen molar-refractivity contribution < 1.29 is 4.79 Å². The number of nitrogens with two attached hydrogens (primary N) is 1. The van der Waals surface area contributed by atoms with Crippen molar-refractivity contribution in [1.29, 1.82) is 5.26 Å². The third-order valence-corrected chi connectivity index (χ3v) is 3.29. The van der Waals surface area contributed by atoms with Gasteiger partial charge in [0.05, 0.1) is 11.1 Å². The zero-order valence-corrected chi connectivity index (χ0v) is 11.7. The number of primary amides is 1. The van der Waals surface area contributed by atoms with Gasteiger partial charge >= 0.3 is 0 Å². The van der Waals surface area contributed by atoms with Gasteiger partial charge in [-0.3, -0.25) is 4.79 Å². The molecule has 1 amide bonds. The highest BCUT2D eigenvalue weighted by Gasteiger charge is 2.13. The molecule has 2 N–H and O–H groups in total. The predicted octanol–water partition coefficient (Wildman–Crippen LogP) is 1.95. The molecular weight excluding hydrogens is 276 g/mol. The first-order chi connectivity index (χ1) is 9.67. The first-order valence-corrected chi connectivity index (χ1v) is 6.93. The summed E-state index contributed by atoms with van der Waals surface area (Å²) in [5.41, 5.74) is 7.29. The van der Waals surface area contributed by atoms with Crippen molar-refractivity contribution in [2.45, 2.75) is 25.8 Å². The van der Waals surface area contributed by atoms with Crippen LogP contribution in [0.2, 0.25) is 0 Å². The molecule has 0 aliphatic rings. The number of nitriles is 1. The van der Waals surface area contributed by atoms with E-state index < -0.39 is 0 Å². The molecule has 2 rings (SSSR count). The van der Waals surface area contributed by atoms with Gasteiger partial charge in [-0.1, -0.05) is 6.07 Å². The van der Waals surface area contributed by atoms with Crippen LogP contribution in [0.4, 0.5) is 0 Å². The molecule has 1 aromatic heterocycles. The Morgan fingerprint density at radius 1 is 1.50 bits per heavy atom. The topological polar surface area (TPSA) is 84.7 Å². The molecule has 0 aliphatic carbocycles. The maximum Gasteiger partial charge on any atom is 0.217 e. The molecule has 0 saturated carbocycles. The van der Waals surface area contributed by atoms with Crippen molar-refractivity contribution in [3.05, 3.63) is 29.6 Å². The van der Waals surface area contributed by atoms with E-state index in [1.807, 2.05) is 16.7 Å². The fraction of sp³-hybridized carbons (Fsp3) is 0.357. The number of amides is 1. The third kappa shape index (κ3) is 2.91. The minimum Gasteiger partial charge on any atom is -0.370 e. The highest BCUT2D eigenvalue weighted by molar-refractivity contribution is 6.17. The normalized spacial score (nSPS) is 10.6. The van der Waals surface area contributed by atoms with Crippen molar-refractivity contribution in [3.8, 4) is 6.07 Å². The molecule has 1 heterocycles. The van der Waals surface area contributed by atoms with Gasteiger partial charge in [-0.2, -0.15) is 5.26 Å². The summed E-state index contributed by atoms with van der Waals surface area (Å²) >= 11 is 5.80. The summed E-state index contributed by atoms with van der Waals surface area (Å²) in [6.07, 6.45) is 1.60. The molecule has 6 heteroatoms. The standard InChI is InChI=1S/C14H15ClN4O/c15-7-6-13-18-14-10(9-16)3-1-4-11(14)19(13)8-2-5-12(17)20/h1,3-4H,2,5-8H2,(H2,17,20). The fourth-order valence-corrected chi connectivity index (χ4v) is 2.39. The van der Waals surface area contributed by atoms with Gasteiger partial charge < -0.3 is 10.3 Å². The molecule has 0 radical (unpaired) electrons. The molecular formula is C14H15ClN4O. The van der Waals surface area contributed by atoms with Gasteiger partial charge in [0, 0.05) is 25.3 Å². The average molecular weight is 291 g/mol. The molecule has 0 saturated heterocycles. The lowest BCUT2D eigenvalue weighted by Crippen LogP contribution is -2.12. The van der Waals surface area contributed by atoms with Crippen LogP contribution in [0.15, 0.2) is 18.2 Å². The number of halogens is 1. The summed E-state index contributed by atoms with van der Waals surface area (Å²) in [6, 6.07) is 7.64. The van der Waals surface area contributed by atoms with Gasteiger partial charge in [-0.15, -0.1) is 11.6 Å². The molecule has 0 fully saturated rings. The van der Waals surface area contributed by atoms with E-state index in [4.69, 9.17) is 22.6 Å². The zero-order chi connectivity index (χ0) is 14.5. The molecule has 104 valence electrons. The van der Waals surface area contributed by atoms with E-state index >= 15 is 0 Å². The minimum atomic E-state index is -0.314. The van der Waals surface area contributed by atoms with Gasteiger partial charge in [0.15, 0.2) is 0 Å². The number of carbonyl (C=O) groups is 1. The first kappa shape index (κ1) is 14.4. The summed E-state index contributed by atoms with van der Waals surface area (Å²) in [5, 5.41) is 9.13. The highest BCUT2D eigenvalue weighted by Crippen LogP contribution is 2.21. The summed E-state index contributed by atoms with van der Waals surface area (Å²) in [5.74, 6) is 0.981. The summed E-state index contributed by atoms with van der Waals surface area (Å²) in [6.45, 7) is 0.639. The molecule has 0 unspecified atom stereocenters. The number of aryl methyl sites for hydroxylation is 2. The summed E-state index contributed by atoms with van der Waals surface area (Å²) < 4.78 is 2.02. The number of carbonyl (C=O) groups excluding carboxylic acids is 1. The van der Waals surface area contributed by atoms with Crippen molar-refractivity contribution >= 4 is 28.5 Å². The Kier molecular flexibility index (Phi) is 4.59. The van der Waals surface area contributed by atoms with E-state index in [0.717, 1.165) is 11.3 Å². The van der Waals surface area contributed by atoms with Crippen molar-refractivity contribution in [2.75, 3.05) is 5.88 Å². The van der Waals surface area contributed by atoms with Crippen LogP contribution >= 0.6 is 11.6 Å². The Labute approximate surface area is 122 Å². The Bertz CT molecular complexity index is 672. The molecule has 1 aromatic carbocycles. The van der Waals surface area contributed by atoms with Crippen LogP contribution in [-0.4, -0.2) is 21.3 Å². The van der Waals surface area contributed by atoms with Crippen molar-refractivity contribution in [2.24, 2.45) is 5.73 Å². The van der Waals surface area contributed by atoms with Gasteiger partial charge in [0.25, 0.3) is 0 Å². The van der Waals surface area contributed by atoms with E-state index in [1.54, 1.807) is 6.07 Å².